The molecule has 0 aromatic heterocycles. The number of nitrogen functional groups attached to an aromatic ring is 2. The topological polar surface area (TPSA) is 177 Å². The number of Topliss-reactive ketones (excluding diaryl/α,β-unsaturated/α-hetero) is 3. The third-order valence-corrected chi connectivity index (χ3v) is 12.1. The second-order valence-electron chi connectivity index (χ2n) is 16.7. The monoisotopic (exact) mass is 890 g/mol. The summed E-state index contributed by atoms with van der Waals surface area (Å²) in [5, 5.41) is 9.48. The van der Waals surface area contributed by atoms with E-state index in [9.17, 15) is 24.3 Å². The van der Waals surface area contributed by atoms with Gasteiger partial charge >= 0.3 is 35.5 Å². The van der Waals surface area contributed by atoms with Crippen LogP contribution in [0.25, 0.3) is 11.1 Å². The van der Waals surface area contributed by atoms with E-state index in [0.29, 0.717) is 55.1 Å². The van der Waals surface area contributed by atoms with Crippen molar-refractivity contribution < 1.29 is 59.3 Å². The number of nitrogens with two attached hydrogens (primary N) is 2. The van der Waals surface area contributed by atoms with Crippen LogP contribution >= 0.6 is 0 Å². The van der Waals surface area contributed by atoms with E-state index in [-0.39, 0.29) is 83.7 Å². The number of carbonyl (C=O) groups is 4. The molecule has 6 aromatic carbocycles. The van der Waals surface area contributed by atoms with Crippen LogP contribution in [0, 0.1) is 0 Å². The minimum atomic E-state index is -0.830. The summed E-state index contributed by atoms with van der Waals surface area (Å²) in [6.45, 7) is 12.7. The molecule has 2 unspecified atom stereocenters. The second kappa shape index (κ2) is 23.3. The van der Waals surface area contributed by atoms with Crippen molar-refractivity contribution in [1.82, 2.24) is 9.80 Å². The number of hydrogen-bond donors (Lipinski definition) is 3. The Balaban J connectivity index is 0.000000240. The molecule has 0 saturated heterocycles. The molecule has 0 amide bonds. The van der Waals surface area contributed by atoms with Gasteiger partial charge < -0.3 is 22.1 Å². The number of carboxylic acid groups (broad SMARTS) is 1. The number of carbonyl (C=O) groups excluding carboxylic acids is 3. The molecule has 0 fully saturated rings. The van der Waals surface area contributed by atoms with E-state index >= 15 is 0 Å². The minimum Gasteiger partial charge on any atom is -0.870 e. The molecule has 2 atom stereocenters. The van der Waals surface area contributed by atoms with Crippen molar-refractivity contribution in [2.45, 2.75) is 57.8 Å². The zero-order valence-corrected chi connectivity index (χ0v) is 39.7. The zero-order valence-electron chi connectivity index (χ0n) is 37.7. The summed E-state index contributed by atoms with van der Waals surface area (Å²) in [4.78, 5) is 53.4. The molecule has 0 aliphatic carbocycles. The number of hydrogen-bond acceptors (Lipinski definition) is 9. The van der Waals surface area contributed by atoms with Gasteiger partial charge in [0.05, 0.1) is 6.42 Å². The molecule has 11 heteroatoms. The smallest absolute Gasteiger partial charge is 0.870 e. The van der Waals surface area contributed by atoms with Gasteiger partial charge in [0.1, 0.15) is 5.78 Å². The predicted octanol–water partition coefficient (Wildman–Crippen LogP) is 6.81. The van der Waals surface area contributed by atoms with Crippen molar-refractivity contribution in [3.63, 3.8) is 0 Å². The summed E-state index contributed by atoms with van der Waals surface area (Å²) in [6.07, 6.45) is 1.05. The first-order chi connectivity index (χ1) is 30.8. The average molecular weight is 891 g/mol. The average Bonchev–Trinajstić information content (AvgIpc) is 3.28. The molecule has 0 saturated carbocycles. The van der Waals surface area contributed by atoms with Crippen LogP contribution in [-0.4, -0.2) is 56.8 Å². The van der Waals surface area contributed by atoms with Crippen molar-refractivity contribution in [2.24, 2.45) is 0 Å². The first-order valence-electron chi connectivity index (χ1n) is 21.5. The first-order valence-corrected chi connectivity index (χ1v) is 21.5. The summed E-state index contributed by atoms with van der Waals surface area (Å²) in [7, 11) is 0. The number of anilines is 2. The van der Waals surface area contributed by atoms with Crippen LogP contribution in [0.4, 0.5) is 11.4 Å². The zero-order chi connectivity index (χ0) is 45.3. The first kappa shape index (κ1) is 50.8. The maximum atomic E-state index is 12.7. The predicted molar refractivity (Wildman–Crippen MR) is 257 cm³/mol. The summed E-state index contributed by atoms with van der Waals surface area (Å²) in [6, 6.07) is 46.0. The number of para-hydroxylation sites is 2. The Morgan fingerprint density at radius 1 is 0.561 bits per heavy atom. The van der Waals surface area contributed by atoms with Crippen molar-refractivity contribution in [3.8, 4) is 0 Å². The van der Waals surface area contributed by atoms with Gasteiger partial charge in [0.15, 0.2) is 11.6 Å². The Labute approximate surface area is 409 Å². The fourth-order valence-corrected chi connectivity index (χ4v) is 8.74. The van der Waals surface area contributed by atoms with Crippen LogP contribution in [0.3, 0.4) is 0 Å². The summed E-state index contributed by atoms with van der Waals surface area (Å²) in [5.41, 5.74) is 24.7. The fraction of sp³-hybridized carbons (Fsp3) is 0.200. The minimum absolute atomic E-state index is 0. The maximum Gasteiger partial charge on any atom is 1.00 e. The molecule has 10 nitrogen and oxygen atoms in total. The van der Waals surface area contributed by atoms with Gasteiger partial charge in [-0.1, -0.05) is 147 Å². The van der Waals surface area contributed by atoms with Gasteiger partial charge in [-0.05, 0) is 74.7 Å². The standard InChI is InChI=1S/C28H28N2O2.C27H26N2O3.Na.H2O/c1-19-17-30(27(15-20(2)31)25-9-5-4-8-24(19)25)18-21-11-13-22(14-12-21)28(32)16-23-7-3-6-10-26(23)29;1-18-16-29(25(15-27(31)32)23-8-4-3-7-22(18)23)17-19-10-12-20(13-11-19)26(30)14-21-6-2-5-9-24(21)28;;/h3-14,27H,1,15-18,29H2,2H3;2-13,25H,1,14-17,28H2,(H,31,32);;1H2/q;;+1;/p-1. The molecule has 0 bridgehead atoms. The normalized spacial score (nSPS) is 15.4. The van der Waals surface area contributed by atoms with E-state index in [1.807, 2.05) is 127 Å². The molecule has 8 rings (SSSR count). The van der Waals surface area contributed by atoms with E-state index in [4.69, 9.17) is 11.5 Å². The van der Waals surface area contributed by atoms with Crippen LogP contribution in [0.1, 0.15) is 97.1 Å². The van der Waals surface area contributed by atoms with Crippen LogP contribution in [0.2, 0.25) is 0 Å². The number of carboxylic acids is 1. The van der Waals surface area contributed by atoms with E-state index in [2.05, 4.69) is 35.1 Å². The SMILES string of the molecule is C=C1CN(Cc2ccc(C(=O)Cc3ccccc3N)cc2)C(CC(=O)O)c2ccccc21.C=C1CN(Cc2ccc(C(=O)Cc3ccccc3N)cc2)C(CC(C)=O)c2ccccc21.[Na+].[OH-]. The summed E-state index contributed by atoms with van der Waals surface area (Å²) in [5.74, 6) is -0.602. The van der Waals surface area contributed by atoms with E-state index in [1.54, 1.807) is 13.0 Å². The molecule has 2 heterocycles. The number of benzene rings is 6. The second-order valence-corrected chi connectivity index (χ2v) is 16.7. The van der Waals surface area contributed by atoms with Crippen molar-refractivity contribution in [1.29, 1.82) is 0 Å². The van der Waals surface area contributed by atoms with Crippen LogP contribution in [0.15, 0.2) is 159 Å². The molecule has 0 radical (unpaired) electrons. The van der Waals surface area contributed by atoms with Gasteiger partial charge in [-0.3, -0.25) is 29.0 Å². The Bertz CT molecular complexity index is 2530. The van der Waals surface area contributed by atoms with Crippen LogP contribution < -0.4 is 41.0 Å². The Morgan fingerprint density at radius 3 is 1.30 bits per heavy atom. The number of fused-ring (bicyclic) bond motifs is 2. The third kappa shape index (κ3) is 12.6. The van der Waals surface area contributed by atoms with Crippen LogP contribution in [-0.2, 0) is 35.5 Å². The molecule has 2 aliphatic rings. The molecule has 0 spiro atoms. The quantitative estimate of drug-likeness (QED) is 0.0599. The van der Waals surface area contributed by atoms with Gasteiger partial charge in [0.25, 0.3) is 0 Å². The van der Waals surface area contributed by atoms with Gasteiger partial charge in [0, 0.05) is 80.0 Å². The molecule has 6 aromatic rings. The number of aliphatic carboxylic acids is 1. The molecule has 66 heavy (non-hydrogen) atoms. The van der Waals surface area contributed by atoms with Gasteiger partial charge in [0.2, 0.25) is 0 Å². The van der Waals surface area contributed by atoms with E-state index < -0.39 is 5.97 Å². The number of nitrogens with zero attached hydrogens (tertiary/aromatic N) is 2. The summed E-state index contributed by atoms with van der Waals surface area (Å²) >= 11 is 0. The van der Waals surface area contributed by atoms with Gasteiger partial charge in [-0.25, -0.2) is 0 Å². The van der Waals surface area contributed by atoms with Gasteiger partial charge in [-0.15, -0.1) is 0 Å². The Hall–Kier alpha value is -6.24. The molecule has 2 aliphatic heterocycles. The van der Waals surface area contributed by atoms with Crippen molar-refractivity contribution in [3.05, 3.63) is 214 Å². The summed E-state index contributed by atoms with van der Waals surface area (Å²) < 4.78 is 0. The van der Waals surface area contributed by atoms with Gasteiger partial charge in [-0.2, -0.15) is 0 Å². The molecule has 6 N–H and O–H groups in total. The number of rotatable bonds is 14. The van der Waals surface area contributed by atoms with E-state index in [1.165, 1.54) is 0 Å². The van der Waals surface area contributed by atoms with Crippen LogP contribution in [0.5, 0.6) is 0 Å². The Kier molecular flexibility index (Phi) is 17.9. The molecular formula is C55H55N4NaO6. The largest absolute Gasteiger partial charge is 1.00 e. The van der Waals surface area contributed by atoms with Crippen molar-refractivity contribution in [2.75, 3.05) is 24.6 Å². The molecule has 332 valence electrons. The van der Waals surface area contributed by atoms with Crippen molar-refractivity contribution >= 4 is 45.8 Å². The van der Waals surface area contributed by atoms with E-state index in [0.717, 1.165) is 55.7 Å². The number of ketones is 3. The Morgan fingerprint density at radius 2 is 0.924 bits per heavy atom. The third-order valence-electron chi connectivity index (χ3n) is 12.1. The maximum absolute atomic E-state index is 12.7. The molecular weight excluding hydrogens is 836 g/mol. The fourth-order valence-electron chi connectivity index (χ4n) is 8.74.